The van der Waals surface area contributed by atoms with Gasteiger partial charge in [0, 0.05) is 12.6 Å². The number of benzene rings is 1. The molecule has 0 spiro atoms. The van der Waals surface area contributed by atoms with Gasteiger partial charge in [-0.25, -0.2) is 0 Å². The predicted octanol–water partition coefficient (Wildman–Crippen LogP) is 1.79. The summed E-state index contributed by atoms with van der Waals surface area (Å²) >= 11 is 0. The van der Waals surface area contributed by atoms with Gasteiger partial charge in [0.25, 0.3) is 5.69 Å². The highest BCUT2D eigenvalue weighted by molar-refractivity contribution is 5.70. The number of anilines is 1. The van der Waals surface area contributed by atoms with E-state index in [4.69, 9.17) is 4.74 Å². The van der Waals surface area contributed by atoms with Crippen LogP contribution in [0, 0.1) is 10.1 Å². The van der Waals surface area contributed by atoms with Gasteiger partial charge in [0.15, 0.2) is 5.69 Å². The normalized spacial score (nSPS) is 14.6. The summed E-state index contributed by atoms with van der Waals surface area (Å²) in [6, 6.07) is 4.84. The number of ether oxygens (including phenoxy) is 1. The van der Waals surface area contributed by atoms with Crippen LogP contribution in [0.4, 0.5) is 11.4 Å². The van der Waals surface area contributed by atoms with Gasteiger partial charge in [-0.15, -0.1) is 0 Å². The summed E-state index contributed by atoms with van der Waals surface area (Å²) in [5, 5.41) is 13.7. The lowest BCUT2D eigenvalue weighted by molar-refractivity contribution is -0.384. The van der Waals surface area contributed by atoms with E-state index in [2.05, 4.69) is 5.32 Å². The maximum Gasteiger partial charge on any atom is 0.296 e. The summed E-state index contributed by atoms with van der Waals surface area (Å²) in [5.74, 6) is 0.566. The molecule has 1 N–H and O–H groups in total. The van der Waals surface area contributed by atoms with E-state index in [0.717, 1.165) is 6.42 Å². The average Bonchev–Trinajstić information content (AvgIpc) is 2.41. The summed E-state index contributed by atoms with van der Waals surface area (Å²) in [4.78, 5) is 10.3. The number of hydrogen-bond acceptors (Lipinski definition) is 4. The largest absolute Gasteiger partial charge is 0.491 e. The minimum Gasteiger partial charge on any atom is -0.491 e. The lowest BCUT2D eigenvalue weighted by Gasteiger charge is -2.06. The molecule has 74 valence electrons. The predicted molar refractivity (Wildman–Crippen MR) is 51.7 cm³/mol. The molecule has 1 aliphatic heterocycles. The van der Waals surface area contributed by atoms with E-state index in [1.165, 1.54) is 6.07 Å². The van der Waals surface area contributed by atoms with E-state index < -0.39 is 4.92 Å². The second-order valence-electron chi connectivity index (χ2n) is 3.04. The molecule has 5 heteroatoms. The molecule has 2 rings (SSSR count). The molecular weight excluding hydrogens is 184 g/mol. The monoisotopic (exact) mass is 194 g/mol. The van der Waals surface area contributed by atoms with Crippen molar-refractivity contribution in [3.8, 4) is 5.75 Å². The minimum atomic E-state index is -0.402. The number of fused-ring (bicyclic) bond motifs is 1. The van der Waals surface area contributed by atoms with E-state index >= 15 is 0 Å². The van der Waals surface area contributed by atoms with Crippen LogP contribution in [0.5, 0.6) is 5.75 Å². The number of rotatable bonds is 1. The Morgan fingerprint density at radius 3 is 3.14 bits per heavy atom. The molecule has 0 saturated carbocycles. The Kier molecular flexibility index (Phi) is 2.22. The first-order valence-electron chi connectivity index (χ1n) is 4.43. The summed E-state index contributed by atoms with van der Waals surface area (Å²) < 4.78 is 5.37. The second kappa shape index (κ2) is 3.53. The Bertz CT molecular complexity index is 365. The fraction of sp³-hybridized carbons (Fsp3) is 0.333. The second-order valence-corrected chi connectivity index (χ2v) is 3.04. The fourth-order valence-electron chi connectivity index (χ4n) is 1.44. The zero-order valence-corrected chi connectivity index (χ0v) is 7.53. The van der Waals surface area contributed by atoms with Crippen molar-refractivity contribution < 1.29 is 9.66 Å². The zero-order valence-electron chi connectivity index (χ0n) is 7.53. The molecule has 0 fully saturated rings. The zero-order chi connectivity index (χ0) is 9.97. The van der Waals surface area contributed by atoms with Crippen LogP contribution < -0.4 is 10.1 Å². The molecule has 0 aliphatic carbocycles. The van der Waals surface area contributed by atoms with Gasteiger partial charge >= 0.3 is 0 Å². The highest BCUT2D eigenvalue weighted by atomic mass is 16.6. The third-order valence-corrected chi connectivity index (χ3v) is 2.08. The van der Waals surface area contributed by atoms with Gasteiger partial charge in [-0.2, -0.15) is 0 Å². The molecule has 14 heavy (non-hydrogen) atoms. The molecule has 1 aromatic rings. The maximum atomic E-state index is 10.7. The molecule has 0 atom stereocenters. The standard InChI is InChI=1S/C9H10N2O3/c12-11(13)7-3-1-4-8-9(7)10-5-2-6-14-8/h1,3-4,10H,2,5-6H2. The average molecular weight is 194 g/mol. The third-order valence-electron chi connectivity index (χ3n) is 2.08. The molecule has 1 aromatic carbocycles. The van der Waals surface area contributed by atoms with Gasteiger partial charge in [-0.1, -0.05) is 6.07 Å². The van der Waals surface area contributed by atoms with Crippen LogP contribution in [0.3, 0.4) is 0 Å². The lowest BCUT2D eigenvalue weighted by atomic mass is 10.2. The van der Waals surface area contributed by atoms with Crippen LogP contribution in [0.15, 0.2) is 18.2 Å². The van der Waals surface area contributed by atoms with Crippen LogP contribution in [0.1, 0.15) is 6.42 Å². The Hall–Kier alpha value is -1.78. The highest BCUT2D eigenvalue weighted by Crippen LogP contribution is 2.35. The van der Waals surface area contributed by atoms with Crippen molar-refractivity contribution in [3.63, 3.8) is 0 Å². The van der Waals surface area contributed by atoms with E-state index in [-0.39, 0.29) is 5.69 Å². The SMILES string of the molecule is O=[N+]([O-])c1cccc2c1NCCCO2. The molecule has 0 radical (unpaired) electrons. The van der Waals surface area contributed by atoms with E-state index in [0.29, 0.717) is 24.6 Å². The molecule has 0 unspecified atom stereocenters. The number of hydrogen-bond donors (Lipinski definition) is 1. The number of para-hydroxylation sites is 1. The van der Waals surface area contributed by atoms with Crippen LogP contribution in [-0.4, -0.2) is 18.1 Å². The Labute approximate surface area is 80.8 Å². The van der Waals surface area contributed by atoms with Gasteiger partial charge < -0.3 is 10.1 Å². The van der Waals surface area contributed by atoms with Gasteiger partial charge in [-0.3, -0.25) is 10.1 Å². The molecule has 0 amide bonds. The Balaban J connectivity index is 2.47. The van der Waals surface area contributed by atoms with Crippen molar-refractivity contribution >= 4 is 11.4 Å². The topological polar surface area (TPSA) is 64.4 Å². The quantitative estimate of drug-likeness (QED) is 0.546. The molecule has 1 aliphatic rings. The van der Waals surface area contributed by atoms with E-state index in [9.17, 15) is 10.1 Å². The molecule has 1 heterocycles. The van der Waals surface area contributed by atoms with E-state index in [1.54, 1.807) is 12.1 Å². The first kappa shape index (κ1) is 8.80. The molecule has 0 aromatic heterocycles. The lowest BCUT2D eigenvalue weighted by Crippen LogP contribution is -2.02. The van der Waals surface area contributed by atoms with Crippen molar-refractivity contribution in [2.45, 2.75) is 6.42 Å². The van der Waals surface area contributed by atoms with Crippen molar-refractivity contribution in [1.82, 2.24) is 0 Å². The number of nitro groups is 1. The summed E-state index contributed by atoms with van der Waals surface area (Å²) in [6.45, 7) is 1.30. The fourth-order valence-corrected chi connectivity index (χ4v) is 1.44. The molecule has 5 nitrogen and oxygen atoms in total. The maximum absolute atomic E-state index is 10.7. The number of nitrogens with one attached hydrogen (secondary N) is 1. The molecule has 0 bridgehead atoms. The first-order chi connectivity index (χ1) is 6.79. The van der Waals surface area contributed by atoms with Crippen LogP contribution >= 0.6 is 0 Å². The van der Waals surface area contributed by atoms with Gasteiger partial charge in [0.05, 0.1) is 11.5 Å². The van der Waals surface area contributed by atoms with Gasteiger partial charge in [0.2, 0.25) is 0 Å². The minimum absolute atomic E-state index is 0.0735. The first-order valence-corrected chi connectivity index (χ1v) is 4.43. The number of nitrogens with zero attached hydrogens (tertiary/aromatic N) is 1. The van der Waals surface area contributed by atoms with Crippen LogP contribution in [0.25, 0.3) is 0 Å². The van der Waals surface area contributed by atoms with Crippen LogP contribution in [-0.2, 0) is 0 Å². The third kappa shape index (κ3) is 1.48. The summed E-state index contributed by atoms with van der Waals surface area (Å²) in [7, 11) is 0. The van der Waals surface area contributed by atoms with E-state index in [1.807, 2.05) is 0 Å². The summed E-state index contributed by atoms with van der Waals surface area (Å²) in [5.41, 5.74) is 0.569. The van der Waals surface area contributed by atoms with Crippen molar-refractivity contribution in [3.05, 3.63) is 28.3 Å². The van der Waals surface area contributed by atoms with Gasteiger partial charge in [-0.05, 0) is 12.5 Å². The Morgan fingerprint density at radius 1 is 1.50 bits per heavy atom. The smallest absolute Gasteiger partial charge is 0.296 e. The van der Waals surface area contributed by atoms with Gasteiger partial charge in [0.1, 0.15) is 5.75 Å². The molecular formula is C9H10N2O3. The van der Waals surface area contributed by atoms with Crippen molar-refractivity contribution in [1.29, 1.82) is 0 Å². The highest BCUT2D eigenvalue weighted by Gasteiger charge is 2.19. The van der Waals surface area contributed by atoms with Crippen molar-refractivity contribution in [2.24, 2.45) is 0 Å². The summed E-state index contributed by atoms with van der Waals surface area (Å²) in [6.07, 6.45) is 0.853. The Morgan fingerprint density at radius 2 is 2.36 bits per heavy atom. The van der Waals surface area contributed by atoms with Crippen LogP contribution in [0.2, 0.25) is 0 Å². The number of nitro benzene ring substituents is 1. The van der Waals surface area contributed by atoms with Crippen molar-refractivity contribution in [2.75, 3.05) is 18.5 Å². The molecule has 0 saturated heterocycles.